The van der Waals surface area contributed by atoms with Gasteiger partial charge in [0.15, 0.2) is 0 Å². The van der Waals surface area contributed by atoms with E-state index in [1.165, 1.54) is 14.2 Å². The molecule has 1 aliphatic carbocycles. The molecular formula is C41H46N8O6. The molecule has 0 radical (unpaired) electrons. The molecule has 55 heavy (non-hydrogen) atoms. The molecule has 0 unspecified atom stereocenters. The van der Waals surface area contributed by atoms with E-state index < -0.39 is 24.3 Å². The highest BCUT2D eigenvalue weighted by molar-refractivity contribution is 5.87. The smallest absolute Gasteiger partial charge is 0.407 e. The first-order valence-corrected chi connectivity index (χ1v) is 18.7. The van der Waals surface area contributed by atoms with Gasteiger partial charge in [-0.3, -0.25) is 9.59 Å². The van der Waals surface area contributed by atoms with Crippen molar-refractivity contribution in [3.63, 3.8) is 0 Å². The van der Waals surface area contributed by atoms with E-state index in [0.717, 1.165) is 65.7 Å². The molecule has 3 aliphatic rings. The number of aromatic nitrogens is 4. The number of nitrogens with zero attached hydrogens (tertiary/aromatic N) is 4. The van der Waals surface area contributed by atoms with E-state index in [9.17, 15) is 19.2 Å². The van der Waals surface area contributed by atoms with Gasteiger partial charge in [-0.05, 0) is 47.9 Å². The van der Waals surface area contributed by atoms with Crippen LogP contribution < -0.4 is 10.6 Å². The predicted octanol–water partition coefficient (Wildman–Crippen LogP) is 6.06. The van der Waals surface area contributed by atoms with Gasteiger partial charge in [-0.25, -0.2) is 19.6 Å². The number of rotatable bonds is 10. The zero-order chi connectivity index (χ0) is 38.5. The van der Waals surface area contributed by atoms with Gasteiger partial charge in [0.1, 0.15) is 35.8 Å². The fraction of sp³-hybridized carbons (Fsp3) is 0.366. The number of aromatic amines is 2. The minimum atomic E-state index is -0.747. The fourth-order valence-electron chi connectivity index (χ4n) is 7.68. The first-order chi connectivity index (χ1) is 26.7. The second-order valence-corrected chi connectivity index (χ2v) is 14.1. The number of alkyl carbamates (subject to hydrolysis) is 2. The van der Waals surface area contributed by atoms with Crippen LogP contribution in [0.25, 0.3) is 33.6 Å². The standard InChI is InChI=1S/C41H46N8O6/c1-25(44-40(52)54-2)38(50)48-21-7-11-33(48)36-42-23-31(45-36)28-17-13-26(14-18-28)27-15-19-29(20-16-27)32-24-43-37(46-32)34-12-8-22-49(34)39(51)35(47-41(53)55-3)30-9-5-4-6-10-30/h7-8,11-20,23-25,30,33-35H,4-6,9-10,21-22H2,1-3H3,(H,42,45)(H,43,46)(H,44,52)(H,47,53)/t25-,33-,34-,35-/m0/s1. The van der Waals surface area contributed by atoms with Crippen LogP contribution in [0.15, 0.2) is 85.2 Å². The summed E-state index contributed by atoms with van der Waals surface area (Å²) < 4.78 is 9.50. The molecule has 4 heterocycles. The lowest BCUT2D eigenvalue weighted by molar-refractivity contribution is -0.136. The molecule has 4 amide bonds. The van der Waals surface area contributed by atoms with Crippen LogP contribution in [-0.4, -0.2) is 93.1 Å². The molecule has 2 aliphatic heterocycles. The molecule has 14 heteroatoms. The van der Waals surface area contributed by atoms with Crippen molar-refractivity contribution < 1.29 is 28.7 Å². The molecular weight excluding hydrogens is 701 g/mol. The SMILES string of the molecule is COC(=O)N[C@@H](C)C(=O)N1CC=C[C@H]1c1ncc(-c2ccc(-c3ccc(-c4cnc([C@@H]5C=CCN5C(=O)[C@@H](NC(=O)OC)C5CCCCC5)[nH]4)cc3)cc2)[nH]1. The summed E-state index contributed by atoms with van der Waals surface area (Å²) in [6, 6.07) is 14.2. The van der Waals surface area contributed by atoms with Crippen molar-refractivity contribution in [1.29, 1.82) is 0 Å². The van der Waals surface area contributed by atoms with Crippen LogP contribution in [-0.2, 0) is 19.1 Å². The number of imidazole rings is 2. The van der Waals surface area contributed by atoms with E-state index in [1.807, 2.05) is 48.6 Å². The van der Waals surface area contributed by atoms with Crippen molar-refractivity contribution in [3.05, 3.63) is 96.9 Å². The monoisotopic (exact) mass is 746 g/mol. The normalized spacial score (nSPS) is 19.3. The molecule has 286 valence electrons. The van der Waals surface area contributed by atoms with Gasteiger partial charge in [-0.2, -0.15) is 0 Å². The van der Waals surface area contributed by atoms with Crippen molar-refractivity contribution >= 4 is 24.0 Å². The molecule has 14 nitrogen and oxygen atoms in total. The van der Waals surface area contributed by atoms with Gasteiger partial charge in [0.25, 0.3) is 0 Å². The van der Waals surface area contributed by atoms with Crippen LogP contribution in [0.2, 0.25) is 0 Å². The Labute approximate surface area is 319 Å². The van der Waals surface area contributed by atoms with Crippen LogP contribution in [0.4, 0.5) is 9.59 Å². The zero-order valence-electron chi connectivity index (χ0n) is 31.2. The maximum Gasteiger partial charge on any atom is 0.407 e. The quantitative estimate of drug-likeness (QED) is 0.142. The third kappa shape index (κ3) is 8.03. The highest BCUT2D eigenvalue weighted by Crippen LogP contribution is 2.33. The summed E-state index contributed by atoms with van der Waals surface area (Å²) in [4.78, 5) is 70.3. The number of carbonyl (C=O) groups is 4. The van der Waals surface area contributed by atoms with E-state index in [2.05, 4.69) is 59.6 Å². The summed E-state index contributed by atoms with van der Waals surface area (Å²) in [6.07, 6.45) is 15.1. The lowest BCUT2D eigenvalue weighted by Gasteiger charge is -2.34. The van der Waals surface area contributed by atoms with E-state index in [4.69, 9.17) is 4.74 Å². The molecule has 1 saturated carbocycles. The lowest BCUT2D eigenvalue weighted by atomic mass is 9.83. The summed E-state index contributed by atoms with van der Waals surface area (Å²) in [6.45, 7) is 2.48. The molecule has 0 bridgehead atoms. The van der Waals surface area contributed by atoms with Gasteiger partial charge in [0, 0.05) is 13.1 Å². The number of carbonyl (C=O) groups excluding carboxylic acids is 4. The molecule has 0 saturated heterocycles. The van der Waals surface area contributed by atoms with Gasteiger partial charge in [0.2, 0.25) is 11.8 Å². The Morgan fingerprint density at radius 1 is 0.673 bits per heavy atom. The number of ether oxygens (including phenoxy) is 2. The van der Waals surface area contributed by atoms with Crippen LogP contribution in [0.3, 0.4) is 0 Å². The number of hydrogen-bond acceptors (Lipinski definition) is 8. The fourth-order valence-corrected chi connectivity index (χ4v) is 7.68. The van der Waals surface area contributed by atoms with Crippen molar-refractivity contribution in [2.75, 3.05) is 27.3 Å². The predicted molar refractivity (Wildman–Crippen MR) is 205 cm³/mol. The first-order valence-electron chi connectivity index (χ1n) is 18.7. The highest BCUT2D eigenvalue weighted by atomic mass is 16.5. The Hall–Kier alpha value is -6.18. The Balaban J connectivity index is 0.998. The molecule has 4 aromatic rings. The number of amides is 4. The van der Waals surface area contributed by atoms with E-state index >= 15 is 0 Å². The Kier molecular flexibility index (Phi) is 11.1. The largest absolute Gasteiger partial charge is 0.453 e. The lowest BCUT2D eigenvalue weighted by Crippen LogP contribution is -2.52. The number of methoxy groups -OCH3 is 2. The van der Waals surface area contributed by atoms with Crippen LogP contribution in [0.1, 0.15) is 62.8 Å². The van der Waals surface area contributed by atoms with Crippen molar-refractivity contribution in [2.45, 2.75) is 63.2 Å². The van der Waals surface area contributed by atoms with Crippen LogP contribution in [0.5, 0.6) is 0 Å². The average molecular weight is 747 g/mol. The second kappa shape index (κ2) is 16.5. The van der Waals surface area contributed by atoms with Gasteiger partial charge >= 0.3 is 12.2 Å². The second-order valence-electron chi connectivity index (χ2n) is 14.1. The van der Waals surface area contributed by atoms with Crippen LogP contribution >= 0.6 is 0 Å². The zero-order valence-corrected chi connectivity index (χ0v) is 31.2. The molecule has 4 N–H and O–H groups in total. The van der Waals surface area contributed by atoms with E-state index in [0.29, 0.717) is 24.7 Å². The van der Waals surface area contributed by atoms with E-state index in [-0.39, 0.29) is 29.8 Å². The Morgan fingerprint density at radius 2 is 1.13 bits per heavy atom. The Morgan fingerprint density at radius 3 is 1.62 bits per heavy atom. The number of benzene rings is 2. The Bertz CT molecular complexity index is 2060. The topological polar surface area (TPSA) is 175 Å². The third-order valence-corrected chi connectivity index (χ3v) is 10.7. The summed E-state index contributed by atoms with van der Waals surface area (Å²) >= 11 is 0. The highest BCUT2D eigenvalue weighted by Gasteiger charge is 2.38. The molecule has 7 rings (SSSR count). The number of hydrogen-bond donors (Lipinski definition) is 4. The summed E-state index contributed by atoms with van der Waals surface area (Å²) in [5.74, 6) is 0.999. The van der Waals surface area contributed by atoms with Crippen molar-refractivity contribution in [3.8, 4) is 33.6 Å². The van der Waals surface area contributed by atoms with Crippen LogP contribution in [0, 0.1) is 5.92 Å². The summed E-state index contributed by atoms with van der Waals surface area (Å²) in [5, 5.41) is 5.36. The molecule has 2 aromatic carbocycles. The van der Waals surface area contributed by atoms with Crippen molar-refractivity contribution in [1.82, 2.24) is 40.4 Å². The number of nitrogens with one attached hydrogen (secondary N) is 4. The van der Waals surface area contributed by atoms with Crippen molar-refractivity contribution in [2.24, 2.45) is 5.92 Å². The first kappa shape index (κ1) is 37.1. The molecule has 1 fully saturated rings. The van der Waals surface area contributed by atoms with E-state index in [1.54, 1.807) is 29.1 Å². The van der Waals surface area contributed by atoms with Gasteiger partial charge in [-0.15, -0.1) is 0 Å². The minimum Gasteiger partial charge on any atom is -0.453 e. The molecule has 2 aromatic heterocycles. The maximum atomic E-state index is 13.9. The maximum absolute atomic E-state index is 13.9. The molecule has 0 spiro atoms. The number of H-pyrrole nitrogens is 2. The van der Waals surface area contributed by atoms with Gasteiger partial charge in [0.05, 0.1) is 38.0 Å². The minimum absolute atomic E-state index is 0.0694. The van der Waals surface area contributed by atoms with Gasteiger partial charge in [-0.1, -0.05) is 92.1 Å². The molecule has 4 atom stereocenters. The van der Waals surface area contributed by atoms with Gasteiger partial charge < -0.3 is 39.9 Å². The summed E-state index contributed by atoms with van der Waals surface area (Å²) in [7, 11) is 2.57. The third-order valence-electron chi connectivity index (χ3n) is 10.7. The summed E-state index contributed by atoms with van der Waals surface area (Å²) in [5.41, 5.74) is 5.65. The average Bonchev–Trinajstić information content (AvgIpc) is 4.07.